The zero-order valence-corrected chi connectivity index (χ0v) is 17.2. The fourth-order valence-corrected chi connectivity index (χ4v) is 4.02. The molecule has 2 fully saturated rings. The second-order valence-electron chi connectivity index (χ2n) is 7.76. The third-order valence-corrected chi connectivity index (χ3v) is 5.62. The number of amides is 2. The lowest BCUT2D eigenvalue weighted by Gasteiger charge is -2.36. The van der Waals surface area contributed by atoms with E-state index in [0.717, 1.165) is 30.0 Å². The van der Waals surface area contributed by atoms with Crippen LogP contribution in [0.1, 0.15) is 21.5 Å². The molecule has 8 heteroatoms. The second kappa shape index (κ2) is 8.31. The van der Waals surface area contributed by atoms with E-state index in [0.29, 0.717) is 24.3 Å². The summed E-state index contributed by atoms with van der Waals surface area (Å²) in [7, 11) is 0. The maximum Gasteiger partial charge on any atom is 0.414 e. The molecule has 158 valence electrons. The van der Waals surface area contributed by atoms with Crippen molar-refractivity contribution in [2.45, 2.75) is 19.9 Å². The van der Waals surface area contributed by atoms with E-state index < -0.39 is 12.1 Å². The molecule has 4 rings (SSSR count). The van der Waals surface area contributed by atoms with Gasteiger partial charge in [-0.15, -0.1) is 0 Å². The lowest BCUT2D eigenvalue weighted by molar-refractivity contribution is 0.0746. The van der Waals surface area contributed by atoms with Crippen molar-refractivity contribution < 1.29 is 19.4 Å². The van der Waals surface area contributed by atoms with Crippen molar-refractivity contribution in [1.82, 2.24) is 9.88 Å². The summed E-state index contributed by atoms with van der Waals surface area (Å²) in [5.74, 6) is 0.950. The maximum atomic E-state index is 12.9. The number of aryl methyl sites for hydroxylation is 2. The van der Waals surface area contributed by atoms with Crippen molar-refractivity contribution >= 4 is 23.5 Å². The lowest BCUT2D eigenvalue weighted by atomic mass is 10.1. The number of aliphatic hydroxyl groups excluding tert-OH is 1. The van der Waals surface area contributed by atoms with Gasteiger partial charge in [0.15, 0.2) is 0 Å². The van der Waals surface area contributed by atoms with Crippen LogP contribution >= 0.6 is 0 Å². The molecular formula is C22H26N4O4. The van der Waals surface area contributed by atoms with Crippen LogP contribution in [-0.4, -0.2) is 72.4 Å². The number of hydrogen-bond donors (Lipinski definition) is 1. The van der Waals surface area contributed by atoms with E-state index >= 15 is 0 Å². The van der Waals surface area contributed by atoms with Gasteiger partial charge < -0.3 is 19.6 Å². The quantitative estimate of drug-likeness (QED) is 0.830. The minimum absolute atomic E-state index is 0.0301. The number of anilines is 2. The summed E-state index contributed by atoms with van der Waals surface area (Å²) >= 11 is 0. The van der Waals surface area contributed by atoms with Crippen molar-refractivity contribution in [3.63, 3.8) is 0 Å². The van der Waals surface area contributed by atoms with Crippen LogP contribution in [0, 0.1) is 13.8 Å². The summed E-state index contributed by atoms with van der Waals surface area (Å²) in [6, 6.07) is 8.60. The highest BCUT2D eigenvalue weighted by Gasteiger charge is 2.33. The lowest BCUT2D eigenvalue weighted by Crippen LogP contribution is -2.49. The first kappa shape index (κ1) is 20.2. The van der Waals surface area contributed by atoms with Crippen molar-refractivity contribution in [3.8, 4) is 0 Å². The largest absolute Gasteiger partial charge is 0.447 e. The fourth-order valence-electron chi connectivity index (χ4n) is 4.02. The molecule has 0 saturated carbocycles. The van der Waals surface area contributed by atoms with Gasteiger partial charge in [0.05, 0.1) is 12.6 Å². The monoisotopic (exact) mass is 410 g/mol. The molecule has 1 atom stereocenters. The highest BCUT2D eigenvalue weighted by molar-refractivity contribution is 5.96. The summed E-state index contributed by atoms with van der Waals surface area (Å²) in [6.07, 6.45) is 1.39. The van der Waals surface area contributed by atoms with Crippen LogP contribution in [-0.2, 0) is 4.74 Å². The number of carbonyl (C=O) groups excluding carboxylic acids is 2. The summed E-state index contributed by atoms with van der Waals surface area (Å²) in [5.41, 5.74) is 3.47. The van der Waals surface area contributed by atoms with Gasteiger partial charge in [-0.3, -0.25) is 9.69 Å². The number of ether oxygens (including phenoxy) is 1. The van der Waals surface area contributed by atoms with E-state index in [2.05, 4.69) is 22.9 Å². The van der Waals surface area contributed by atoms with Gasteiger partial charge in [0.25, 0.3) is 5.91 Å². The molecule has 2 aromatic rings. The highest BCUT2D eigenvalue weighted by Crippen LogP contribution is 2.24. The smallest absolute Gasteiger partial charge is 0.414 e. The number of benzene rings is 1. The normalized spacial score (nSPS) is 19.2. The number of carbonyl (C=O) groups is 2. The Hall–Kier alpha value is -3.13. The number of aliphatic hydroxyl groups is 1. The maximum absolute atomic E-state index is 12.9. The summed E-state index contributed by atoms with van der Waals surface area (Å²) in [5, 5.41) is 9.42. The van der Waals surface area contributed by atoms with E-state index in [1.54, 1.807) is 24.3 Å². The average molecular weight is 410 g/mol. The van der Waals surface area contributed by atoms with Gasteiger partial charge in [-0.2, -0.15) is 0 Å². The van der Waals surface area contributed by atoms with Gasteiger partial charge in [0.1, 0.15) is 12.4 Å². The van der Waals surface area contributed by atoms with Crippen molar-refractivity contribution in [3.05, 3.63) is 53.2 Å². The molecule has 3 heterocycles. The molecule has 0 spiro atoms. The Morgan fingerprint density at radius 3 is 2.50 bits per heavy atom. The van der Waals surface area contributed by atoms with Crippen LogP contribution in [0.5, 0.6) is 0 Å². The summed E-state index contributed by atoms with van der Waals surface area (Å²) < 4.78 is 5.00. The molecule has 1 N–H and O–H groups in total. The predicted octanol–water partition coefficient (Wildman–Crippen LogP) is 1.98. The fraction of sp³-hybridized carbons (Fsp3) is 0.409. The zero-order chi connectivity index (χ0) is 21.3. The molecule has 0 aliphatic carbocycles. The molecular weight excluding hydrogens is 384 g/mol. The van der Waals surface area contributed by atoms with Gasteiger partial charge in [0.2, 0.25) is 0 Å². The molecule has 0 radical (unpaired) electrons. The van der Waals surface area contributed by atoms with Gasteiger partial charge in [-0.05, 0) is 49.2 Å². The number of pyridine rings is 1. The molecule has 8 nitrogen and oxygen atoms in total. The Labute approximate surface area is 175 Å². The molecule has 0 unspecified atom stereocenters. The third kappa shape index (κ3) is 3.82. The summed E-state index contributed by atoms with van der Waals surface area (Å²) in [6.45, 7) is 6.80. The van der Waals surface area contributed by atoms with Gasteiger partial charge in [-0.25, -0.2) is 9.78 Å². The molecule has 2 aliphatic heterocycles. The highest BCUT2D eigenvalue weighted by atomic mass is 16.6. The molecule has 2 aliphatic rings. The van der Waals surface area contributed by atoms with Gasteiger partial charge in [0, 0.05) is 43.6 Å². The van der Waals surface area contributed by atoms with Crippen LogP contribution in [0.2, 0.25) is 0 Å². The average Bonchev–Trinajstić information content (AvgIpc) is 3.14. The van der Waals surface area contributed by atoms with Crippen LogP contribution < -0.4 is 9.80 Å². The van der Waals surface area contributed by atoms with E-state index in [-0.39, 0.29) is 19.1 Å². The SMILES string of the molecule is Cc1cnc(N2CCN(C(=O)c3ccc(N4C(=O)OC[C@H]4CO)cc3)CC2)c(C)c1. The van der Waals surface area contributed by atoms with Crippen LogP contribution in [0.3, 0.4) is 0 Å². The third-order valence-electron chi connectivity index (χ3n) is 5.62. The van der Waals surface area contributed by atoms with Crippen molar-refractivity contribution in [2.75, 3.05) is 49.2 Å². The molecule has 1 aromatic carbocycles. The van der Waals surface area contributed by atoms with Crippen molar-refractivity contribution in [1.29, 1.82) is 0 Å². The van der Waals surface area contributed by atoms with Crippen LogP contribution in [0.25, 0.3) is 0 Å². The predicted molar refractivity (Wildman–Crippen MR) is 113 cm³/mol. The molecule has 0 bridgehead atoms. The molecule has 1 aromatic heterocycles. The van der Waals surface area contributed by atoms with E-state index in [1.807, 2.05) is 18.0 Å². The molecule has 2 saturated heterocycles. The van der Waals surface area contributed by atoms with E-state index in [1.165, 1.54) is 4.90 Å². The van der Waals surface area contributed by atoms with E-state index in [4.69, 9.17) is 4.74 Å². The zero-order valence-electron chi connectivity index (χ0n) is 17.2. The Morgan fingerprint density at radius 2 is 1.87 bits per heavy atom. The van der Waals surface area contributed by atoms with Gasteiger partial charge in [-0.1, -0.05) is 6.07 Å². The number of cyclic esters (lactones) is 1. The molecule has 30 heavy (non-hydrogen) atoms. The minimum Gasteiger partial charge on any atom is -0.447 e. The van der Waals surface area contributed by atoms with Crippen LogP contribution in [0.15, 0.2) is 36.5 Å². The second-order valence-corrected chi connectivity index (χ2v) is 7.76. The first-order valence-corrected chi connectivity index (χ1v) is 10.1. The first-order chi connectivity index (χ1) is 14.5. The number of rotatable bonds is 4. The Bertz CT molecular complexity index is 939. The number of nitrogens with zero attached hydrogens (tertiary/aromatic N) is 4. The van der Waals surface area contributed by atoms with Crippen LogP contribution in [0.4, 0.5) is 16.3 Å². The Balaban J connectivity index is 1.40. The number of hydrogen-bond acceptors (Lipinski definition) is 6. The number of aromatic nitrogens is 1. The topological polar surface area (TPSA) is 86.2 Å². The Kier molecular flexibility index (Phi) is 5.59. The number of piperazine rings is 1. The minimum atomic E-state index is -0.482. The first-order valence-electron chi connectivity index (χ1n) is 10.1. The summed E-state index contributed by atoms with van der Waals surface area (Å²) in [4.78, 5) is 34.9. The van der Waals surface area contributed by atoms with Gasteiger partial charge >= 0.3 is 6.09 Å². The van der Waals surface area contributed by atoms with Crippen molar-refractivity contribution in [2.24, 2.45) is 0 Å². The standard InChI is InChI=1S/C22H26N4O4/c1-15-11-16(2)20(23-12-15)24-7-9-25(10-8-24)21(28)17-3-5-18(6-4-17)26-19(13-27)14-30-22(26)29/h3-6,11-12,19,27H,7-10,13-14H2,1-2H3/t19-/m1/s1. The molecule has 2 amide bonds. The Morgan fingerprint density at radius 1 is 1.17 bits per heavy atom. The van der Waals surface area contributed by atoms with E-state index in [9.17, 15) is 14.7 Å².